The number of aromatic nitrogens is 1. The molecule has 25 heavy (non-hydrogen) atoms. The maximum Gasteiger partial charge on any atom is 0.255 e. The summed E-state index contributed by atoms with van der Waals surface area (Å²) in [6, 6.07) is 10.4. The fourth-order valence-corrected chi connectivity index (χ4v) is 2.43. The number of benzene rings is 2. The Morgan fingerprint density at radius 1 is 1.12 bits per heavy atom. The van der Waals surface area contributed by atoms with Crippen molar-refractivity contribution in [3.8, 4) is 11.5 Å². The quantitative estimate of drug-likeness (QED) is 0.753. The second kappa shape index (κ2) is 6.84. The van der Waals surface area contributed by atoms with Crippen LogP contribution in [-0.4, -0.2) is 25.1 Å². The van der Waals surface area contributed by atoms with Gasteiger partial charge in [-0.1, -0.05) is 13.8 Å². The first-order valence-electron chi connectivity index (χ1n) is 7.95. The summed E-state index contributed by atoms with van der Waals surface area (Å²) in [7, 11) is 3.11. The Labute approximate surface area is 145 Å². The number of nitrogens with zero attached hydrogens (tertiary/aromatic N) is 1. The molecule has 0 saturated carbocycles. The molecular formula is C19H20N2O4. The Hall–Kier alpha value is -3.02. The number of fused-ring (bicyclic) bond motifs is 1. The summed E-state index contributed by atoms with van der Waals surface area (Å²) >= 11 is 0. The highest BCUT2D eigenvalue weighted by Gasteiger charge is 2.14. The minimum Gasteiger partial charge on any atom is -0.497 e. The van der Waals surface area contributed by atoms with E-state index in [2.05, 4.69) is 10.3 Å². The number of carbonyl (C=O) groups is 1. The second-order valence-corrected chi connectivity index (χ2v) is 5.91. The monoisotopic (exact) mass is 340 g/mol. The molecule has 1 amide bonds. The summed E-state index contributed by atoms with van der Waals surface area (Å²) in [5, 5.41) is 2.84. The Morgan fingerprint density at radius 2 is 1.92 bits per heavy atom. The van der Waals surface area contributed by atoms with Gasteiger partial charge in [0.25, 0.3) is 5.91 Å². The summed E-state index contributed by atoms with van der Waals surface area (Å²) < 4.78 is 16.2. The lowest BCUT2D eigenvalue weighted by atomic mass is 10.2. The topological polar surface area (TPSA) is 73.6 Å². The molecule has 0 saturated heterocycles. The minimum absolute atomic E-state index is 0.188. The van der Waals surface area contributed by atoms with Gasteiger partial charge in [-0.25, -0.2) is 4.98 Å². The molecule has 0 radical (unpaired) electrons. The lowest BCUT2D eigenvalue weighted by Gasteiger charge is -2.11. The maximum absolute atomic E-state index is 12.6. The average Bonchev–Trinajstić information content (AvgIpc) is 3.05. The molecule has 0 spiro atoms. The van der Waals surface area contributed by atoms with Crippen LogP contribution < -0.4 is 14.8 Å². The van der Waals surface area contributed by atoms with Crippen LogP contribution in [-0.2, 0) is 0 Å². The van der Waals surface area contributed by atoms with Crippen LogP contribution in [0.3, 0.4) is 0 Å². The van der Waals surface area contributed by atoms with Gasteiger partial charge in [0.05, 0.1) is 19.9 Å². The second-order valence-electron chi connectivity index (χ2n) is 5.91. The largest absolute Gasteiger partial charge is 0.497 e. The highest BCUT2D eigenvalue weighted by Crippen LogP contribution is 2.30. The third kappa shape index (κ3) is 3.42. The van der Waals surface area contributed by atoms with Gasteiger partial charge in [-0.05, 0) is 30.3 Å². The number of carbonyl (C=O) groups excluding carboxylic acids is 1. The Bertz CT molecular complexity index is 915. The van der Waals surface area contributed by atoms with E-state index in [4.69, 9.17) is 13.9 Å². The van der Waals surface area contributed by atoms with Gasteiger partial charge in [-0.15, -0.1) is 0 Å². The number of hydrogen-bond donors (Lipinski definition) is 1. The lowest BCUT2D eigenvalue weighted by molar-refractivity contribution is 0.102. The summed E-state index contributed by atoms with van der Waals surface area (Å²) in [4.78, 5) is 17.0. The number of ether oxygens (including phenoxy) is 2. The summed E-state index contributed by atoms with van der Waals surface area (Å²) in [5.74, 6) is 1.76. The molecule has 6 nitrogen and oxygen atoms in total. The van der Waals surface area contributed by atoms with Crippen LogP contribution >= 0.6 is 0 Å². The molecule has 1 heterocycles. The van der Waals surface area contributed by atoms with Crippen molar-refractivity contribution in [2.75, 3.05) is 19.5 Å². The van der Waals surface area contributed by atoms with E-state index in [0.29, 0.717) is 34.2 Å². The summed E-state index contributed by atoms with van der Waals surface area (Å²) in [6.45, 7) is 4.02. The molecule has 0 aliphatic heterocycles. The lowest BCUT2D eigenvalue weighted by Crippen LogP contribution is -2.12. The van der Waals surface area contributed by atoms with Crippen LogP contribution in [0.25, 0.3) is 11.1 Å². The molecule has 1 aromatic heterocycles. The van der Waals surface area contributed by atoms with Crippen LogP contribution in [0.1, 0.15) is 36.0 Å². The van der Waals surface area contributed by atoms with E-state index >= 15 is 0 Å². The fraction of sp³-hybridized carbons (Fsp3) is 0.263. The normalized spacial score (nSPS) is 10.9. The van der Waals surface area contributed by atoms with E-state index in [1.807, 2.05) is 13.8 Å². The van der Waals surface area contributed by atoms with Gasteiger partial charge >= 0.3 is 0 Å². The summed E-state index contributed by atoms with van der Waals surface area (Å²) in [6.07, 6.45) is 0. The molecule has 0 fully saturated rings. The van der Waals surface area contributed by atoms with Crippen molar-refractivity contribution >= 4 is 22.7 Å². The average molecular weight is 340 g/mol. The predicted molar refractivity (Wildman–Crippen MR) is 95.6 cm³/mol. The smallest absolute Gasteiger partial charge is 0.255 e. The number of anilines is 1. The van der Waals surface area contributed by atoms with E-state index in [9.17, 15) is 4.79 Å². The number of oxazole rings is 1. The van der Waals surface area contributed by atoms with Crippen molar-refractivity contribution in [3.05, 3.63) is 47.9 Å². The Balaban J connectivity index is 1.87. The molecule has 0 aliphatic rings. The SMILES string of the molecule is COc1ccc(NC(=O)c2ccc3nc(C(C)C)oc3c2)c(OC)c1. The molecule has 3 rings (SSSR count). The Morgan fingerprint density at radius 3 is 2.60 bits per heavy atom. The molecule has 0 unspecified atom stereocenters. The maximum atomic E-state index is 12.6. The molecule has 0 atom stereocenters. The first-order chi connectivity index (χ1) is 12.0. The first-order valence-corrected chi connectivity index (χ1v) is 7.95. The predicted octanol–water partition coefficient (Wildman–Crippen LogP) is 4.22. The number of hydrogen-bond acceptors (Lipinski definition) is 5. The van der Waals surface area contributed by atoms with Crippen molar-refractivity contribution in [1.82, 2.24) is 4.98 Å². The molecule has 0 bridgehead atoms. The van der Waals surface area contributed by atoms with Crippen LogP contribution in [0.15, 0.2) is 40.8 Å². The van der Waals surface area contributed by atoms with E-state index in [0.717, 1.165) is 5.52 Å². The standard InChI is InChI=1S/C19H20N2O4/c1-11(2)19-21-15-7-5-12(9-17(15)25-19)18(22)20-14-8-6-13(23-3)10-16(14)24-4/h5-11H,1-4H3,(H,20,22). The van der Waals surface area contributed by atoms with E-state index in [-0.39, 0.29) is 11.8 Å². The van der Waals surface area contributed by atoms with Crippen LogP contribution in [0, 0.1) is 0 Å². The van der Waals surface area contributed by atoms with Crippen molar-refractivity contribution in [3.63, 3.8) is 0 Å². The van der Waals surface area contributed by atoms with E-state index in [1.54, 1.807) is 50.6 Å². The zero-order chi connectivity index (χ0) is 18.0. The molecule has 6 heteroatoms. The zero-order valence-corrected chi connectivity index (χ0v) is 14.6. The van der Waals surface area contributed by atoms with Gasteiger partial charge in [0, 0.05) is 17.5 Å². The molecular weight excluding hydrogens is 320 g/mol. The fourth-order valence-electron chi connectivity index (χ4n) is 2.43. The van der Waals surface area contributed by atoms with Crippen LogP contribution in [0.2, 0.25) is 0 Å². The molecule has 0 aliphatic carbocycles. The van der Waals surface area contributed by atoms with Crippen molar-refractivity contribution in [2.24, 2.45) is 0 Å². The van der Waals surface area contributed by atoms with Gasteiger partial charge in [-0.2, -0.15) is 0 Å². The van der Waals surface area contributed by atoms with Gasteiger partial charge in [-0.3, -0.25) is 4.79 Å². The highest BCUT2D eigenvalue weighted by atomic mass is 16.5. The number of amides is 1. The van der Waals surface area contributed by atoms with Crippen molar-refractivity contribution in [1.29, 1.82) is 0 Å². The van der Waals surface area contributed by atoms with Crippen molar-refractivity contribution < 1.29 is 18.7 Å². The molecule has 2 aromatic carbocycles. The van der Waals surface area contributed by atoms with Gasteiger partial charge < -0.3 is 19.2 Å². The van der Waals surface area contributed by atoms with Crippen LogP contribution in [0.4, 0.5) is 5.69 Å². The van der Waals surface area contributed by atoms with Gasteiger partial charge in [0.1, 0.15) is 17.0 Å². The van der Waals surface area contributed by atoms with Gasteiger partial charge in [0.2, 0.25) is 0 Å². The highest BCUT2D eigenvalue weighted by molar-refractivity contribution is 6.06. The molecule has 1 N–H and O–H groups in total. The third-order valence-corrected chi connectivity index (χ3v) is 3.82. The molecule has 130 valence electrons. The van der Waals surface area contributed by atoms with Crippen molar-refractivity contribution in [2.45, 2.75) is 19.8 Å². The zero-order valence-electron chi connectivity index (χ0n) is 14.6. The van der Waals surface area contributed by atoms with Crippen LogP contribution in [0.5, 0.6) is 11.5 Å². The first kappa shape index (κ1) is 16.8. The minimum atomic E-state index is -0.257. The Kier molecular flexibility index (Phi) is 4.61. The van der Waals surface area contributed by atoms with Gasteiger partial charge in [0.15, 0.2) is 11.5 Å². The van der Waals surface area contributed by atoms with E-state index in [1.165, 1.54) is 0 Å². The number of rotatable bonds is 5. The third-order valence-electron chi connectivity index (χ3n) is 3.82. The number of nitrogens with one attached hydrogen (secondary N) is 1. The summed E-state index contributed by atoms with van der Waals surface area (Å²) in [5.41, 5.74) is 2.38. The van der Waals surface area contributed by atoms with E-state index < -0.39 is 0 Å². The molecule has 3 aromatic rings. The number of methoxy groups -OCH3 is 2.